The van der Waals surface area contributed by atoms with E-state index in [1.807, 2.05) is 13.8 Å². The lowest BCUT2D eigenvalue weighted by atomic mass is 10.3. The van der Waals surface area contributed by atoms with Gasteiger partial charge in [-0.3, -0.25) is 0 Å². The predicted molar refractivity (Wildman–Crippen MR) is 70.1 cm³/mol. The van der Waals surface area contributed by atoms with Crippen molar-refractivity contribution in [3.8, 4) is 5.75 Å². The van der Waals surface area contributed by atoms with E-state index in [4.69, 9.17) is 39.5 Å². The van der Waals surface area contributed by atoms with Gasteiger partial charge in [0.15, 0.2) is 0 Å². The summed E-state index contributed by atoms with van der Waals surface area (Å²) in [6.45, 7) is 5.66. The fourth-order valence-electron chi connectivity index (χ4n) is 1.20. The molecule has 16 heavy (non-hydrogen) atoms. The van der Waals surface area contributed by atoms with Gasteiger partial charge in [-0.2, -0.15) is 0 Å². The zero-order valence-electron chi connectivity index (χ0n) is 9.19. The van der Waals surface area contributed by atoms with Gasteiger partial charge in [0.2, 0.25) is 0 Å². The molecule has 0 aliphatic rings. The number of hydrogen-bond acceptors (Lipinski definition) is 2. The standard InChI is InChI=1S/C11H14Cl3NO/c1-3-15-6-7(2)16-11-5-9(13)8(12)4-10(11)14/h4-5,7,15H,3,6H2,1-2H3. The van der Waals surface area contributed by atoms with E-state index in [0.717, 1.165) is 13.1 Å². The maximum Gasteiger partial charge on any atom is 0.139 e. The van der Waals surface area contributed by atoms with Crippen LogP contribution in [0.5, 0.6) is 5.75 Å². The Hall–Kier alpha value is -0.150. The molecule has 0 radical (unpaired) electrons. The molecule has 2 nitrogen and oxygen atoms in total. The molecule has 0 aromatic heterocycles. The van der Waals surface area contributed by atoms with E-state index in [9.17, 15) is 0 Å². The average molecular weight is 283 g/mol. The molecule has 1 aromatic carbocycles. The predicted octanol–water partition coefficient (Wildman–Crippen LogP) is 4.02. The maximum atomic E-state index is 5.99. The van der Waals surface area contributed by atoms with Gasteiger partial charge in [-0.05, 0) is 19.5 Å². The van der Waals surface area contributed by atoms with E-state index in [-0.39, 0.29) is 6.10 Å². The molecule has 0 spiro atoms. The summed E-state index contributed by atoms with van der Waals surface area (Å²) >= 11 is 17.7. The molecule has 0 aliphatic carbocycles. The van der Waals surface area contributed by atoms with Gasteiger partial charge in [-0.1, -0.05) is 41.7 Å². The van der Waals surface area contributed by atoms with Crippen LogP contribution in [0.4, 0.5) is 0 Å². The fourth-order valence-corrected chi connectivity index (χ4v) is 1.78. The number of ether oxygens (including phenoxy) is 1. The van der Waals surface area contributed by atoms with Gasteiger partial charge in [0.05, 0.1) is 15.1 Å². The van der Waals surface area contributed by atoms with Gasteiger partial charge in [0, 0.05) is 12.6 Å². The molecule has 5 heteroatoms. The molecule has 1 rings (SSSR count). The Labute approximate surface area is 111 Å². The van der Waals surface area contributed by atoms with Crippen LogP contribution in [0.15, 0.2) is 12.1 Å². The first-order valence-corrected chi connectivity index (χ1v) is 6.20. The van der Waals surface area contributed by atoms with Crippen LogP contribution in [0, 0.1) is 0 Å². The van der Waals surface area contributed by atoms with Crippen molar-refractivity contribution in [1.29, 1.82) is 0 Å². The van der Waals surface area contributed by atoms with Gasteiger partial charge in [-0.15, -0.1) is 0 Å². The van der Waals surface area contributed by atoms with Crippen molar-refractivity contribution >= 4 is 34.8 Å². The summed E-state index contributed by atoms with van der Waals surface area (Å²) in [7, 11) is 0. The zero-order valence-corrected chi connectivity index (χ0v) is 11.5. The van der Waals surface area contributed by atoms with Gasteiger partial charge in [-0.25, -0.2) is 0 Å². The van der Waals surface area contributed by atoms with E-state index in [2.05, 4.69) is 5.32 Å². The first kappa shape index (κ1) is 13.9. The van der Waals surface area contributed by atoms with E-state index in [1.54, 1.807) is 12.1 Å². The third-order valence-corrected chi connectivity index (χ3v) is 3.00. The van der Waals surface area contributed by atoms with Crippen molar-refractivity contribution in [3.63, 3.8) is 0 Å². The minimum absolute atomic E-state index is 0.0229. The smallest absolute Gasteiger partial charge is 0.139 e. The first-order valence-electron chi connectivity index (χ1n) is 5.06. The molecule has 0 fully saturated rings. The molecule has 1 unspecified atom stereocenters. The van der Waals surface area contributed by atoms with Crippen molar-refractivity contribution in [2.75, 3.05) is 13.1 Å². The molecule has 0 heterocycles. The second kappa shape index (κ2) is 6.55. The van der Waals surface area contributed by atoms with Crippen LogP contribution in [0.25, 0.3) is 0 Å². The summed E-state index contributed by atoms with van der Waals surface area (Å²) in [4.78, 5) is 0. The van der Waals surface area contributed by atoms with Crippen LogP contribution >= 0.6 is 34.8 Å². The highest BCUT2D eigenvalue weighted by molar-refractivity contribution is 6.43. The van der Waals surface area contributed by atoms with Crippen LogP contribution in [-0.4, -0.2) is 19.2 Å². The number of halogens is 3. The van der Waals surface area contributed by atoms with Crippen molar-refractivity contribution in [2.24, 2.45) is 0 Å². The first-order chi connectivity index (χ1) is 7.54. The number of hydrogen-bond donors (Lipinski definition) is 1. The van der Waals surface area contributed by atoms with E-state index in [0.29, 0.717) is 20.8 Å². The zero-order chi connectivity index (χ0) is 12.1. The van der Waals surface area contributed by atoms with Crippen LogP contribution in [0.3, 0.4) is 0 Å². The van der Waals surface area contributed by atoms with Gasteiger partial charge in [0.25, 0.3) is 0 Å². The van der Waals surface area contributed by atoms with E-state index >= 15 is 0 Å². The lowest BCUT2D eigenvalue weighted by molar-refractivity contribution is 0.218. The largest absolute Gasteiger partial charge is 0.488 e. The van der Waals surface area contributed by atoms with Gasteiger partial charge >= 0.3 is 0 Å². The van der Waals surface area contributed by atoms with Crippen molar-refractivity contribution in [1.82, 2.24) is 5.32 Å². The molecule has 0 amide bonds. The van der Waals surface area contributed by atoms with Gasteiger partial charge in [0.1, 0.15) is 11.9 Å². The molecule has 1 atom stereocenters. The van der Waals surface area contributed by atoms with E-state index < -0.39 is 0 Å². The highest BCUT2D eigenvalue weighted by Gasteiger charge is 2.10. The number of rotatable bonds is 5. The van der Waals surface area contributed by atoms with Crippen LogP contribution < -0.4 is 10.1 Å². The molecule has 0 bridgehead atoms. The molecule has 0 saturated heterocycles. The van der Waals surface area contributed by atoms with Crippen LogP contribution in [0.2, 0.25) is 15.1 Å². The highest BCUT2D eigenvalue weighted by Crippen LogP contribution is 2.34. The quantitative estimate of drug-likeness (QED) is 0.824. The summed E-state index contributed by atoms with van der Waals surface area (Å²) in [5.41, 5.74) is 0. The Morgan fingerprint density at radius 1 is 1.19 bits per heavy atom. The summed E-state index contributed by atoms with van der Waals surface area (Å²) in [6.07, 6.45) is 0.0229. The summed E-state index contributed by atoms with van der Waals surface area (Å²) in [6, 6.07) is 3.22. The number of likely N-dealkylation sites (N-methyl/N-ethyl adjacent to an activating group) is 1. The summed E-state index contributed by atoms with van der Waals surface area (Å²) < 4.78 is 5.65. The minimum Gasteiger partial charge on any atom is -0.488 e. The summed E-state index contributed by atoms with van der Waals surface area (Å²) in [5.74, 6) is 0.557. The van der Waals surface area contributed by atoms with Crippen molar-refractivity contribution in [3.05, 3.63) is 27.2 Å². The lowest BCUT2D eigenvalue weighted by Gasteiger charge is -2.16. The Morgan fingerprint density at radius 2 is 1.81 bits per heavy atom. The Bertz CT molecular complexity index is 357. The average Bonchev–Trinajstić information content (AvgIpc) is 2.23. The minimum atomic E-state index is 0.0229. The third kappa shape index (κ3) is 4.02. The Balaban J connectivity index is 2.69. The molecular formula is C11H14Cl3NO. The molecule has 1 aromatic rings. The fraction of sp³-hybridized carbons (Fsp3) is 0.455. The van der Waals surface area contributed by atoms with Crippen molar-refractivity contribution < 1.29 is 4.74 Å². The molecule has 90 valence electrons. The maximum absolute atomic E-state index is 5.99. The molecular weight excluding hydrogens is 268 g/mol. The highest BCUT2D eigenvalue weighted by atomic mass is 35.5. The van der Waals surface area contributed by atoms with Gasteiger partial charge < -0.3 is 10.1 Å². The number of nitrogens with one attached hydrogen (secondary N) is 1. The Kier molecular flexibility index (Phi) is 5.70. The normalized spacial score (nSPS) is 12.6. The summed E-state index contributed by atoms with van der Waals surface area (Å²) in [5, 5.41) is 4.53. The number of benzene rings is 1. The van der Waals surface area contributed by atoms with Crippen molar-refractivity contribution in [2.45, 2.75) is 20.0 Å². The van der Waals surface area contributed by atoms with Crippen LogP contribution in [-0.2, 0) is 0 Å². The molecule has 0 saturated carbocycles. The topological polar surface area (TPSA) is 21.3 Å². The third-order valence-electron chi connectivity index (χ3n) is 1.98. The van der Waals surface area contributed by atoms with Crippen LogP contribution in [0.1, 0.15) is 13.8 Å². The molecule has 1 N–H and O–H groups in total. The molecule has 0 aliphatic heterocycles. The Morgan fingerprint density at radius 3 is 2.44 bits per heavy atom. The monoisotopic (exact) mass is 281 g/mol. The lowest BCUT2D eigenvalue weighted by Crippen LogP contribution is -2.28. The second-order valence-electron chi connectivity index (χ2n) is 3.43. The second-order valence-corrected chi connectivity index (χ2v) is 4.65. The van der Waals surface area contributed by atoms with E-state index in [1.165, 1.54) is 0 Å². The SMILES string of the molecule is CCNCC(C)Oc1cc(Cl)c(Cl)cc1Cl.